The molecule has 0 bridgehead atoms. The summed E-state index contributed by atoms with van der Waals surface area (Å²) in [7, 11) is -3.61. The van der Waals surface area contributed by atoms with E-state index < -0.39 is 16.3 Å². The predicted molar refractivity (Wildman–Crippen MR) is 112 cm³/mol. The first kappa shape index (κ1) is 22.1. The van der Waals surface area contributed by atoms with Crippen LogP contribution in [-0.2, 0) is 10.2 Å². The van der Waals surface area contributed by atoms with Crippen LogP contribution in [0, 0.1) is 6.92 Å². The minimum atomic E-state index is -3.61. The number of aromatic nitrogens is 2. The third-order valence-corrected chi connectivity index (χ3v) is 8.17. The first-order chi connectivity index (χ1) is 13.9. The van der Waals surface area contributed by atoms with Gasteiger partial charge >= 0.3 is 0 Å². The van der Waals surface area contributed by atoms with Gasteiger partial charge in [0.05, 0.1) is 17.3 Å². The van der Waals surface area contributed by atoms with E-state index >= 15 is 0 Å². The quantitative estimate of drug-likeness (QED) is 0.727. The van der Waals surface area contributed by atoms with Crippen LogP contribution in [0.3, 0.4) is 0 Å². The summed E-state index contributed by atoms with van der Waals surface area (Å²) < 4.78 is 29.3. The molecule has 1 atom stereocenters. The van der Waals surface area contributed by atoms with Crippen molar-refractivity contribution in [3.63, 3.8) is 0 Å². The van der Waals surface area contributed by atoms with Crippen molar-refractivity contribution < 1.29 is 13.2 Å². The van der Waals surface area contributed by atoms with E-state index in [-0.39, 0.29) is 11.9 Å². The number of aryl methyl sites for hydroxylation is 1. The summed E-state index contributed by atoms with van der Waals surface area (Å²) in [5.74, 6) is 0.347. The van der Waals surface area contributed by atoms with Gasteiger partial charge in [0, 0.05) is 31.9 Å². The highest BCUT2D eigenvalue weighted by Gasteiger charge is 2.40. The molecule has 1 saturated heterocycles. The van der Waals surface area contributed by atoms with Gasteiger partial charge in [-0.25, -0.2) is 9.97 Å². The van der Waals surface area contributed by atoms with E-state index in [1.807, 2.05) is 13.8 Å². The highest BCUT2D eigenvalue weighted by atomic mass is 32.2. The third-order valence-electron chi connectivity index (χ3n) is 5.97. The molecule has 1 aromatic heterocycles. The smallest absolute Gasteiger partial charge is 0.282 e. The second-order valence-corrected chi connectivity index (χ2v) is 9.77. The lowest BCUT2D eigenvalue weighted by Gasteiger charge is -2.30. The van der Waals surface area contributed by atoms with Gasteiger partial charge in [0.15, 0.2) is 0 Å². The van der Waals surface area contributed by atoms with E-state index in [1.54, 1.807) is 13.1 Å². The molecule has 29 heavy (non-hydrogen) atoms. The molecule has 1 N–H and O–H groups in total. The summed E-state index contributed by atoms with van der Waals surface area (Å²) in [4.78, 5) is 21.8. The molecule has 0 unspecified atom stereocenters. The zero-order chi connectivity index (χ0) is 21.0. The van der Waals surface area contributed by atoms with Crippen LogP contribution in [0.5, 0.6) is 0 Å². The molecule has 2 fully saturated rings. The maximum absolute atomic E-state index is 13.2. The topological polar surface area (TPSA) is 95.5 Å². The molecule has 0 radical (unpaired) electrons. The summed E-state index contributed by atoms with van der Waals surface area (Å²) in [6, 6.07) is -0.265. The molecule has 1 amide bonds. The van der Waals surface area contributed by atoms with Crippen molar-refractivity contribution in [2.75, 3.05) is 19.6 Å². The van der Waals surface area contributed by atoms with Gasteiger partial charge in [-0.1, -0.05) is 33.1 Å². The first-order valence-electron chi connectivity index (χ1n) is 10.8. The Labute approximate surface area is 174 Å². The number of carbonyl (C=O) groups is 1. The zero-order valence-corrected chi connectivity index (χ0v) is 18.5. The van der Waals surface area contributed by atoms with Crippen molar-refractivity contribution in [1.29, 1.82) is 0 Å². The number of nitrogens with one attached hydrogen (secondary N) is 1. The van der Waals surface area contributed by atoms with Gasteiger partial charge in [-0.3, -0.25) is 4.79 Å². The Morgan fingerprint density at radius 1 is 1.17 bits per heavy atom. The Kier molecular flexibility index (Phi) is 7.23. The lowest BCUT2D eigenvalue weighted by atomic mass is 9.95. The van der Waals surface area contributed by atoms with Gasteiger partial charge in [-0.2, -0.15) is 17.0 Å². The third kappa shape index (κ3) is 4.78. The van der Waals surface area contributed by atoms with Crippen LogP contribution >= 0.6 is 0 Å². The molecule has 8 nitrogen and oxygen atoms in total. The van der Waals surface area contributed by atoms with Crippen LogP contribution in [-0.4, -0.2) is 58.6 Å². The van der Waals surface area contributed by atoms with Crippen molar-refractivity contribution in [2.45, 2.75) is 77.8 Å². The molecule has 1 saturated carbocycles. The van der Waals surface area contributed by atoms with E-state index in [9.17, 15) is 13.2 Å². The average Bonchev–Trinajstić information content (AvgIpc) is 3.20. The molecule has 1 aromatic rings. The highest BCUT2D eigenvalue weighted by Crippen LogP contribution is 2.36. The Morgan fingerprint density at radius 2 is 1.86 bits per heavy atom. The zero-order valence-electron chi connectivity index (χ0n) is 17.7. The van der Waals surface area contributed by atoms with Crippen molar-refractivity contribution in [2.24, 2.45) is 0 Å². The van der Waals surface area contributed by atoms with Crippen molar-refractivity contribution in [3.05, 3.63) is 23.3 Å². The van der Waals surface area contributed by atoms with Gasteiger partial charge in [-0.05, 0) is 32.6 Å². The largest absolute Gasteiger partial charge is 0.349 e. The molecule has 0 aromatic carbocycles. The molecule has 2 aliphatic rings. The van der Waals surface area contributed by atoms with Gasteiger partial charge in [-0.15, -0.1) is 0 Å². The van der Waals surface area contributed by atoms with Crippen molar-refractivity contribution in [1.82, 2.24) is 23.9 Å². The fourth-order valence-corrected chi connectivity index (χ4v) is 6.25. The highest BCUT2D eigenvalue weighted by molar-refractivity contribution is 7.86. The Hall–Kier alpha value is -1.58. The van der Waals surface area contributed by atoms with E-state index in [0.717, 1.165) is 32.1 Å². The monoisotopic (exact) mass is 423 g/mol. The number of amides is 1. The molecule has 9 heteroatoms. The normalized spacial score (nSPS) is 21.6. The summed E-state index contributed by atoms with van der Waals surface area (Å²) in [5, 5.41) is 3.12. The summed E-state index contributed by atoms with van der Waals surface area (Å²) in [6.07, 6.45) is 8.39. The molecule has 3 rings (SSSR count). The molecular formula is C20H33N5O3S. The maximum atomic E-state index is 13.2. The van der Waals surface area contributed by atoms with Crippen LogP contribution < -0.4 is 5.32 Å². The minimum Gasteiger partial charge on any atom is -0.349 e. The molecule has 1 aliphatic carbocycles. The van der Waals surface area contributed by atoms with Crippen LogP contribution in [0.25, 0.3) is 0 Å². The fourth-order valence-electron chi connectivity index (χ4n) is 4.41. The van der Waals surface area contributed by atoms with Crippen LogP contribution in [0.1, 0.15) is 86.7 Å². The van der Waals surface area contributed by atoms with Crippen molar-refractivity contribution >= 4 is 16.1 Å². The molecule has 0 spiro atoms. The van der Waals surface area contributed by atoms with Crippen LogP contribution in [0.4, 0.5) is 0 Å². The van der Waals surface area contributed by atoms with E-state index in [0.29, 0.717) is 43.1 Å². The van der Waals surface area contributed by atoms with Crippen molar-refractivity contribution in [3.8, 4) is 0 Å². The number of hydrogen-bond donors (Lipinski definition) is 1. The lowest BCUT2D eigenvalue weighted by Crippen LogP contribution is -2.44. The second kappa shape index (κ2) is 9.49. The number of hydrogen-bond acceptors (Lipinski definition) is 5. The van der Waals surface area contributed by atoms with Gasteiger partial charge in [0.1, 0.15) is 5.82 Å². The van der Waals surface area contributed by atoms with E-state index in [4.69, 9.17) is 0 Å². The minimum absolute atomic E-state index is 0.171. The average molecular weight is 424 g/mol. The fraction of sp³-hybridized carbons (Fsp3) is 0.750. The predicted octanol–water partition coefficient (Wildman–Crippen LogP) is 2.57. The Morgan fingerprint density at radius 3 is 2.52 bits per heavy atom. The first-order valence-corrected chi connectivity index (χ1v) is 12.2. The summed E-state index contributed by atoms with van der Waals surface area (Å²) in [5.41, 5.74) is 0.923. The maximum Gasteiger partial charge on any atom is 0.282 e. The Bertz CT molecular complexity index is 819. The Balaban J connectivity index is 1.90. The van der Waals surface area contributed by atoms with Crippen LogP contribution in [0.15, 0.2) is 6.20 Å². The molecule has 1 aliphatic heterocycles. The van der Waals surface area contributed by atoms with Gasteiger partial charge in [0.25, 0.3) is 16.1 Å². The number of rotatable bonds is 7. The second-order valence-electron chi connectivity index (χ2n) is 7.89. The SMILES string of the molecule is CCN(CC)S(=O)(=O)N1CCC[C@@H]1c1nc(C)ncc1C(=O)NC1CCCCC1. The summed E-state index contributed by atoms with van der Waals surface area (Å²) >= 11 is 0. The number of carbonyl (C=O) groups excluding carboxylic acids is 1. The molecular weight excluding hydrogens is 390 g/mol. The lowest BCUT2D eigenvalue weighted by molar-refractivity contribution is 0.0924. The summed E-state index contributed by atoms with van der Waals surface area (Å²) in [6.45, 7) is 6.72. The molecule has 2 heterocycles. The van der Waals surface area contributed by atoms with Gasteiger partial charge < -0.3 is 5.32 Å². The van der Waals surface area contributed by atoms with Gasteiger partial charge in [0.2, 0.25) is 0 Å². The number of nitrogens with zero attached hydrogens (tertiary/aromatic N) is 4. The van der Waals surface area contributed by atoms with Crippen LogP contribution in [0.2, 0.25) is 0 Å². The molecule has 162 valence electrons. The van der Waals surface area contributed by atoms with E-state index in [1.165, 1.54) is 15.0 Å². The standard InChI is InChI=1S/C20H33N5O3S/c1-4-24(5-2)29(27,28)25-13-9-12-18(25)19-17(14-21-15(3)22-19)20(26)23-16-10-7-6-8-11-16/h14,16,18H,4-13H2,1-3H3,(H,23,26)/t18-/m1/s1. The van der Waals surface area contributed by atoms with E-state index in [2.05, 4.69) is 15.3 Å².